The van der Waals surface area contributed by atoms with Crippen molar-refractivity contribution in [3.8, 4) is 0 Å². The molecular weight excluding hydrogens is 228 g/mol. The van der Waals surface area contributed by atoms with E-state index in [2.05, 4.69) is 23.7 Å². The van der Waals surface area contributed by atoms with Crippen molar-refractivity contribution in [2.24, 2.45) is 0 Å². The van der Waals surface area contributed by atoms with Crippen LogP contribution < -0.4 is 0 Å². The van der Waals surface area contributed by atoms with E-state index < -0.39 is 0 Å². The second-order valence-electron chi connectivity index (χ2n) is 5.66. The Labute approximate surface area is 109 Å². The molecule has 4 heteroatoms. The summed E-state index contributed by atoms with van der Waals surface area (Å²) in [4.78, 5) is 6.99. The molecule has 2 unspecified atom stereocenters. The monoisotopic (exact) mass is 252 g/mol. The minimum absolute atomic E-state index is 0.360. The minimum atomic E-state index is -0.360. The van der Waals surface area contributed by atoms with Crippen molar-refractivity contribution in [2.75, 3.05) is 13.1 Å². The number of aromatic nitrogens is 1. The lowest BCUT2D eigenvalue weighted by atomic mass is 9.97. The van der Waals surface area contributed by atoms with E-state index in [4.69, 9.17) is 4.42 Å². The van der Waals surface area contributed by atoms with Crippen molar-refractivity contribution in [2.45, 2.75) is 58.1 Å². The van der Waals surface area contributed by atoms with E-state index in [0.29, 0.717) is 18.4 Å². The molecule has 0 spiro atoms. The van der Waals surface area contributed by atoms with E-state index in [1.807, 2.05) is 0 Å². The zero-order valence-electron chi connectivity index (χ0n) is 11.6. The molecule has 1 aliphatic heterocycles. The fraction of sp³-hybridized carbons (Fsp3) is 0.786. The highest BCUT2D eigenvalue weighted by atomic mass is 16.3. The van der Waals surface area contributed by atoms with Crippen LogP contribution in [0.5, 0.6) is 0 Å². The first-order chi connectivity index (χ1) is 8.56. The Bertz CT molecular complexity index is 374. The fourth-order valence-corrected chi connectivity index (χ4v) is 2.58. The van der Waals surface area contributed by atoms with Crippen LogP contribution in [0.4, 0.5) is 0 Å². The quantitative estimate of drug-likeness (QED) is 0.892. The first-order valence-corrected chi connectivity index (χ1v) is 6.92. The van der Waals surface area contributed by atoms with Crippen LogP contribution >= 0.6 is 0 Å². The third-order valence-corrected chi connectivity index (χ3v) is 3.61. The number of piperidine rings is 1. The Kier molecular flexibility index (Phi) is 4.40. The van der Waals surface area contributed by atoms with Crippen LogP contribution in [0, 0.1) is 0 Å². The molecule has 0 aliphatic carbocycles. The maximum Gasteiger partial charge on any atom is 0.198 e. The van der Waals surface area contributed by atoms with Crippen LogP contribution in [0.25, 0.3) is 0 Å². The van der Waals surface area contributed by atoms with Gasteiger partial charge < -0.3 is 14.4 Å². The predicted octanol–water partition coefficient (Wildman–Crippen LogP) is 2.19. The van der Waals surface area contributed by atoms with Gasteiger partial charge in [0.15, 0.2) is 5.89 Å². The maximum atomic E-state index is 9.35. The Hall–Kier alpha value is -0.870. The van der Waals surface area contributed by atoms with Crippen LogP contribution in [-0.2, 0) is 6.42 Å². The van der Waals surface area contributed by atoms with Crippen molar-refractivity contribution < 1.29 is 9.52 Å². The highest BCUT2D eigenvalue weighted by Crippen LogP contribution is 2.27. The predicted molar refractivity (Wildman–Crippen MR) is 70.6 cm³/mol. The lowest BCUT2D eigenvalue weighted by molar-refractivity contribution is 0.157. The summed E-state index contributed by atoms with van der Waals surface area (Å²) < 4.78 is 5.58. The molecule has 1 N–H and O–H groups in total. The van der Waals surface area contributed by atoms with Gasteiger partial charge in [-0.25, -0.2) is 4.98 Å². The third kappa shape index (κ3) is 3.33. The van der Waals surface area contributed by atoms with Gasteiger partial charge in [-0.1, -0.05) is 0 Å². The van der Waals surface area contributed by atoms with Crippen molar-refractivity contribution in [1.82, 2.24) is 9.88 Å². The molecule has 1 fully saturated rings. The molecule has 18 heavy (non-hydrogen) atoms. The molecule has 102 valence electrons. The number of rotatable bonds is 4. The van der Waals surface area contributed by atoms with E-state index >= 15 is 0 Å². The van der Waals surface area contributed by atoms with Gasteiger partial charge in [0.2, 0.25) is 0 Å². The number of nitrogens with zero attached hydrogens (tertiary/aromatic N) is 2. The van der Waals surface area contributed by atoms with Crippen LogP contribution in [-0.4, -0.2) is 40.2 Å². The summed E-state index contributed by atoms with van der Waals surface area (Å²) in [6.45, 7) is 8.45. The van der Waals surface area contributed by atoms with Gasteiger partial charge in [-0.2, -0.15) is 0 Å². The molecular formula is C14H24N2O2. The van der Waals surface area contributed by atoms with Gasteiger partial charge in [0, 0.05) is 24.9 Å². The van der Waals surface area contributed by atoms with Crippen molar-refractivity contribution >= 4 is 0 Å². The fourth-order valence-electron chi connectivity index (χ4n) is 2.58. The molecule has 1 aromatic rings. The number of hydrogen-bond acceptors (Lipinski definition) is 4. The first-order valence-electron chi connectivity index (χ1n) is 6.92. The summed E-state index contributed by atoms with van der Waals surface area (Å²) >= 11 is 0. The Morgan fingerprint density at radius 2 is 2.28 bits per heavy atom. The molecule has 0 radical (unpaired) electrons. The zero-order chi connectivity index (χ0) is 13.1. The summed E-state index contributed by atoms with van der Waals surface area (Å²) in [6.07, 6.45) is 4.26. The highest BCUT2D eigenvalue weighted by molar-refractivity contribution is 5.03. The molecule has 0 aromatic carbocycles. The Morgan fingerprint density at radius 3 is 2.94 bits per heavy atom. The van der Waals surface area contributed by atoms with E-state index in [1.165, 1.54) is 13.0 Å². The van der Waals surface area contributed by atoms with Crippen LogP contribution in [0.1, 0.15) is 51.1 Å². The SMILES string of the molecule is CC(O)Cc1coc(C2CCCN(C(C)C)C2)n1. The summed E-state index contributed by atoms with van der Waals surface area (Å²) in [5.41, 5.74) is 0.863. The van der Waals surface area contributed by atoms with E-state index in [-0.39, 0.29) is 6.10 Å². The highest BCUT2D eigenvalue weighted by Gasteiger charge is 2.26. The Balaban J connectivity index is 2.00. The summed E-state index contributed by atoms with van der Waals surface area (Å²) in [6, 6.07) is 0.583. The topological polar surface area (TPSA) is 49.5 Å². The summed E-state index contributed by atoms with van der Waals surface area (Å²) in [7, 11) is 0. The van der Waals surface area contributed by atoms with Crippen LogP contribution in [0.2, 0.25) is 0 Å². The molecule has 0 amide bonds. The van der Waals surface area contributed by atoms with Crippen molar-refractivity contribution in [3.05, 3.63) is 17.8 Å². The van der Waals surface area contributed by atoms with Gasteiger partial charge in [-0.3, -0.25) is 0 Å². The molecule has 0 saturated carbocycles. The van der Waals surface area contributed by atoms with E-state index in [0.717, 1.165) is 24.6 Å². The van der Waals surface area contributed by atoms with Crippen molar-refractivity contribution in [1.29, 1.82) is 0 Å². The first kappa shape index (κ1) is 13.6. The van der Waals surface area contributed by atoms with Gasteiger partial charge in [0.25, 0.3) is 0 Å². The largest absolute Gasteiger partial charge is 0.448 e. The summed E-state index contributed by atoms with van der Waals surface area (Å²) in [5.74, 6) is 1.25. The number of oxazole rings is 1. The normalized spacial score (nSPS) is 23.5. The lowest BCUT2D eigenvalue weighted by Gasteiger charge is -2.34. The van der Waals surface area contributed by atoms with Gasteiger partial charge >= 0.3 is 0 Å². The average molecular weight is 252 g/mol. The zero-order valence-corrected chi connectivity index (χ0v) is 11.6. The number of likely N-dealkylation sites (tertiary alicyclic amines) is 1. The van der Waals surface area contributed by atoms with Crippen LogP contribution in [0.3, 0.4) is 0 Å². The smallest absolute Gasteiger partial charge is 0.198 e. The number of aliphatic hydroxyl groups is 1. The molecule has 2 heterocycles. The Morgan fingerprint density at radius 1 is 1.50 bits per heavy atom. The molecule has 4 nitrogen and oxygen atoms in total. The molecule has 1 aliphatic rings. The van der Waals surface area contributed by atoms with Gasteiger partial charge in [0.1, 0.15) is 6.26 Å². The average Bonchev–Trinajstić information content (AvgIpc) is 2.77. The number of aliphatic hydroxyl groups excluding tert-OH is 1. The minimum Gasteiger partial charge on any atom is -0.448 e. The molecule has 1 aromatic heterocycles. The van der Waals surface area contributed by atoms with E-state index in [9.17, 15) is 5.11 Å². The van der Waals surface area contributed by atoms with Gasteiger partial charge in [-0.15, -0.1) is 0 Å². The van der Waals surface area contributed by atoms with E-state index in [1.54, 1.807) is 13.2 Å². The van der Waals surface area contributed by atoms with Gasteiger partial charge in [-0.05, 0) is 40.2 Å². The molecule has 1 saturated heterocycles. The second-order valence-corrected chi connectivity index (χ2v) is 5.66. The molecule has 2 rings (SSSR count). The number of hydrogen-bond donors (Lipinski definition) is 1. The van der Waals surface area contributed by atoms with Crippen molar-refractivity contribution in [3.63, 3.8) is 0 Å². The second kappa shape index (κ2) is 5.85. The van der Waals surface area contributed by atoms with Crippen LogP contribution in [0.15, 0.2) is 10.7 Å². The molecule has 2 atom stereocenters. The summed E-state index contributed by atoms with van der Waals surface area (Å²) in [5, 5.41) is 9.35. The molecule has 0 bridgehead atoms. The standard InChI is InChI=1S/C14H24N2O2/c1-10(2)16-6-4-5-12(8-16)14-15-13(9-18-14)7-11(3)17/h9-12,17H,4-8H2,1-3H3. The van der Waals surface area contributed by atoms with Gasteiger partial charge in [0.05, 0.1) is 11.8 Å². The lowest BCUT2D eigenvalue weighted by Crippen LogP contribution is -2.39. The maximum absolute atomic E-state index is 9.35. The third-order valence-electron chi connectivity index (χ3n) is 3.61.